The summed E-state index contributed by atoms with van der Waals surface area (Å²) in [4.78, 5) is 12.9. The Bertz CT molecular complexity index is 934. The third-order valence-electron chi connectivity index (χ3n) is 4.92. The number of benzene rings is 1. The van der Waals surface area contributed by atoms with Gasteiger partial charge in [0.2, 0.25) is 0 Å². The molecule has 0 saturated carbocycles. The second-order valence-corrected chi connectivity index (χ2v) is 7.01. The van der Waals surface area contributed by atoms with Gasteiger partial charge < -0.3 is 25.4 Å². The Hall–Kier alpha value is -2.59. The zero-order valence-corrected chi connectivity index (χ0v) is 15.4. The Balaban J connectivity index is 1.57. The van der Waals surface area contributed by atoms with E-state index in [1.807, 2.05) is 18.2 Å². The van der Waals surface area contributed by atoms with Crippen molar-refractivity contribution < 1.29 is 20.1 Å². The highest BCUT2D eigenvalue weighted by Crippen LogP contribution is 2.32. The quantitative estimate of drug-likeness (QED) is 0.483. The van der Waals surface area contributed by atoms with Gasteiger partial charge in [-0.15, -0.1) is 0 Å². The maximum absolute atomic E-state index is 10.3. The number of rotatable bonds is 6. The summed E-state index contributed by atoms with van der Waals surface area (Å²) in [5.41, 5.74) is 2.23. The predicted molar refractivity (Wildman–Crippen MR) is 102 cm³/mol. The Morgan fingerprint density at radius 3 is 2.64 bits per heavy atom. The lowest BCUT2D eigenvalue weighted by molar-refractivity contribution is -0.0511. The molecule has 5 atom stereocenters. The molecule has 3 heterocycles. The molecule has 2 aromatic heterocycles. The molecule has 3 aromatic rings. The lowest BCUT2D eigenvalue weighted by Crippen LogP contribution is -2.33. The molecule has 0 radical (unpaired) electrons. The van der Waals surface area contributed by atoms with Crippen LogP contribution in [0.3, 0.4) is 0 Å². The van der Waals surface area contributed by atoms with Gasteiger partial charge in [-0.1, -0.05) is 30.3 Å². The number of nitrogens with zero attached hydrogens (tertiary/aromatic N) is 4. The Morgan fingerprint density at radius 2 is 1.93 bits per heavy atom. The minimum absolute atomic E-state index is 0.111. The van der Waals surface area contributed by atoms with Gasteiger partial charge >= 0.3 is 0 Å². The van der Waals surface area contributed by atoms with Crippen LogP contribution in [-0.2, 0) is 11.2 Å². The van der Waals surface area contributed by atoms with Crippen LogP contribution in [0.4, 0.5) is 5.82 Å². The summed E-state index contributed by atoms with van der Waals surface area (Å²) in [7, 11) is 0. The van der Waals surface area contributed by atoms with Gasteiger partial charge in [0.05, 0.1) is 12.9 Å². The van der Waals surface area contributed by atoms with E-state index in [-0.39, 0.29) is 12.6 Å². The van der Waals surface area contributed by atoms with Crippen molar-refractivity contribution in [1.29, 1.82) is 0 Å². The minimum atomic E-state index is -1.20. The summed E-state index contributed by atoms with van der Waals surface area (Å²) in [6.45, 7) is 1.67. The fraction of sp³-hybridized carbons (Fsp3) is 0.421. The molecule has 0 spiro atoms. The van der Waals surface area contributed by atoms with Crippen LogP contribution in [0.1, 0.15) is 18.7 Å². The Morgan fingerprint density at radius 1 is 1.14 bits per heavy atom. The molecule has 0 aliphatic carbocycles. The zero-order valence-electron chi connectivity index (χ0n) is 15.4. The van der Waals surface area contributed by atoms with Crippen molar-refractivity contribution in [2.24, 2.45) is 0 Å². The fourth-order valence-corrected chi connectivity index (χ4v) is 3.51. The SMILES string of the molecule is CC(Cc1ccccc1)Nc1ncnc2c1ncn2[C@@H]1OC(CO)C(O)[C@H]1O. The zero-order chi connectivity index (χ0) is 19.7. The predicted octanol–water partition coefficient (Wildman–Crippen LogP) is 0.481. The average molecular weight is 385 g/mol. The van der Waals surface area contributed by atoms with Crippen LogP contribution in [-0.4, -0.2) is 65.8 Å². The van der Waals surface area contributed by atoms with Crippen molar-refractivity contribution in [2.75, 3.05) is 11.9 Å². The molecule has 1 aliphatic heterocycles. The number of fused-ring (bicyclic) bond motifs is 1. The smallest absolute Gasteiger partial charge is 0.167 e. The molecule has 1 aromatic carbocycles. The molecule has 4 rings (SSSR count). The summed E-state index contributed by atoms with van der Waals surface area (Å²) in [5, 5.41) is 32.9. The first kappa shape index (κ1) is 18.8. The third kappa shape index (κ3) is 3.45. The molecule has 9 nitrogen and oxygen atoms in total. The van der Waals surface area contributed by atoms with Crippen LogP contribution < -0.4 is 5.32 Å². The second kappa shape index (κ2) is 7.80. The number of hydrogen-bond donors (Lipinski definition) is 4. The van der Waals surface area contributed by atoms with Crippen LogP contribution in [0.25, 0.3) is 11.2 Å². The van der Waals surface area contributed by atoms with Crippen LogP contribution >= 0.6 is 0 Å². The van der Waals surface area contributed by atoms with E-state index >= 15 is 0 Å². The Kier molecular flexibility index (Phi) is 5.23. The summed E-state index contributed by atoms with van der Waals surface area (Å²) < 4.78 is 7.13. The van der Waals surface area contributed by atoms with Gasteiger partial charge in [-0.2, -0.15) is 0 Å². The van der Waals surface area contributed by atoms with Gasteiger partial charge in [0.1, 0.15) is 24.6 Å². The van der Waals surface area contributed by atoms with Crippen molar-refractivity contribution in [3.05, 3.63) is 48.5 Å². The second-order valence-electron chi connectivity index (χ2n) is 7.01. The van der Waals surface area contributed by atoms with Crippen molar-refractivity contribution in [3.8, 4) is 0 Å². The van der Waals surface area contributed by atoms with Crippen molar-refractivity contribution >= 4 is 17.0 Å². The number of nitrogens with one attached hydrogen (secondary N) is 1. The number of imidazole rings is 1. The molecule has 0 bridgehead atoms. The van der Waals surface area contributed by atoms with Crippen LogP contribution in [0.5, 0.6) is 0 Å². The molecular weight excluding hydrogens is 362 g/mol. The van der Waals surface area contributed by atoms with Crippen LogP contribution in [0, 0.1) is 0 Å². The number of aliphatic hydroxyl groups excluding tert-OH is 3. The Labute approximate surface area is 161 Å². The van der Waals surface area contributed by atoms with Crippen LogP contribution in [0.15, 0.2) is 43.0 Å². The molecular formula is C19H23N5O4. The van der Waals surface area contributed by atoms with Gasteiger partial charge in [-0.25, -0.2) is 15.0 Å². The van der Waals surface area contributed by atoms with Crippen molar-refractivity contribution in [2.45, 2.75) is 43.9 Å². The van der Waals surface area contributed by atoms with Crippen molar-refractivity contribution in [3.63, 3.8) is 0 Å². The van der Waals surface area contributed by atoms with Gasteiger partial charge in [0, 0.05) is 6.04 Å². The lowest BCUT2D eigenvalue weighted by atomic mass is 10.1. The van der Waals surface area contributed by atoms with E-state index in [1.165, 1.54) is 18.2 Å². The first-order valence-electron chi connectivity index (χ1n) is 9.19. The topological polar surface area (TPSA) is 126 Å². The minimum Gasteiger partial charge on any atom is -0.394 e. The highest BCUT2D eigenvalue weighted by molar-refractivity contribution is 5.82. The molecule has 3 unspecified atom stereocenters. The largest absolute Gasteiger partial charge is 0.394 e. The number of aliphatic hydroxyl groups is 3. The van der Waals surface area contributed by atoms with E-state index in [4.69, 9.17) is 4.74 Å². The summed E-state index contributed by atoms with van der Waals surface area (Å²) >= 11 is 0. The molecule has 148 valence electrons. The standard InChI is InChI=1S/C19H23N5O4/c1-11(7-12-5-3-2-4-6-12)23-17-14-18(21-9-20-17)24(10-22-14)19-16(27)15(26)13(8-25)28-19/h2-6,9-11,13,15-16,19,25-27H,7-8H2,1H3,(H,20,21,23)/t11?,13?,15?,16-,19-/m1/s1. The molecule has 1 aliphatic rings. The first-order chi connectivity index (χ1) is 13.6. The van der Waals surface area contributed by atoms with E-state index in [9.17, 15) is 15.3 Å². The molecule has 9 heteroatoms. The van der Waals surface area contributed by atoms with E-state index in [2.05, 4.69) is 39.3 Å². The molecule has 28 heavy (non-hydrogen) atoms. The number of anilines is 1. The maximum atomic E-state index is 10.3. The van der Waals surface area contributed by atoms with E-state index in [0.717, 1.165) is 6.42 Å². The average Bonchev–Trinajstić information content (AvgIpc) is 3.25. The number of ether oxygens (including phenoxy) is 1. The fourth-order valence-electron chi connectivity index (χ4n) is 3.51. The lowest BCUT2D eigenvalue weighted by Gasteiger charge is -2.17. The maximum Gasteiger partial charge on any atom is 0.167 e. The van der Waals surface area contributed by atoms with Gasteiger partial charge in [-0.05, 0) is 18.9 Å². The van der Waals surface area contributed by atoms with Crippen LogP contribution in [0.2, 0.25) is 0 Å². The van der Waals surface area contributed by atoms with E-state index < -0.39 is 24.5 Å². The van der Waals surface area contributed by atoms with Gasteiger partial charge in [0.25, 0.3) is 0 Å². The van der Waals surface area contributed by atoms with E-state index in [1.54, 1.807) is 4.57 Å². The van der Waals surface area contributed by atoms with E-state index in [0.29, 0.717) is 17.0 Å². The highest BCUT2D eigenvalue weighted by atomic mass is 16.6. The van der Waals surface area contributed by atoms with Gasteiger partial charge in [-0.3, -0.25) is 4.57 Å². The normalized spacial score (nSPS) is 25.9. The number of aromatic nitrogens is 4. The monoisotopic (exact) mass is 385 g/mol. The van der Waals surface area contributed by atoms with Crippen molar-refractivity contribution in [1.82, 2.24) is 19.5 Å². The summed E-state index contributed by atoms with van der Waals surface area (Å²) in [6.07, 6.45) is -0.395. The molecule has 0 amide bonds. The summed E-state index contributed by atoms with van der Waals surface area (Å²) in [5.74, 6) is 0.582. The summed E-state index contributed by atoms with van der Waals surface area (Å²) in [6, 6.07) is 10.3. The highest BCUT2D eigenvalue weighted by Gasteiger charge is 2.44. The molecule has 4 N–H and O–H groups in total. The first-order valence-corrected chi connectivity index (χ1v) is 9.19. The van der Waals surface area contributed by atoms with Gasteiger partial charge in [0.15, 0.2) is 23.2 Å². The number of hydrogen-bond acceptors (Lipinski definition) is 8. The third-order valence-corrected chi connectivity index (χ3v) is 4.92. The molecule has 1 saturated heterocycles. The molecule has 1 fully saturated rings.